The van der Waals surface area contributed by atoms with Gasteiger partial charge in [0.15, 0.2) is 0 Å². The molecule has 0 saturated heterocycles. The average Bonchev–Trinajstić information content (AvgIpc) is 2.59. The number of nitrogens with zero attached hydrogens (tertiary/aromatic N) is 2. The molecule has 144 valence electrons. The lowest BCUT2D eigenvalue weighted by Gasteiger charge is -2.27. The first-order valence-corrected chi connectivity index (χ1v) is 8.37. The van der Waals surface area contributed by atoms with Gasteiger partial charge in [-0.2, -0.15) is 0 Å². The molecule has 2 rings (SSSR count). The summed E-state index contributed by atoms with van der Waals surface area (Å²) >= 11 is 0. The summed E-state index contributed by atoms with van der Waals surface area (Å²) in [7, 11) is 2.07. The molecule has 6 heteroatoms. The normalized spacial score (nSPS) is 11.2. The summed E-state index contributed by atoms with van der Waals surface area (Å²) in [5.41, 5.74) is 8.21. The van der Waals surface area contributed by atoms with E-state index < -0.39 is 6.04 Å². The van der Waals surface area contributed by atoms with Crippen LogP contribution in [0.25, 0.3) is 0 Å². The monoisotopic (exact) mass is 397 g/mol. The quantitative estimate of drug-likeness (QED) is 0.742. The first kappa shape index (κ1) is 24.4. The van der Waals surface area contributed by atoms with E-state index in [0.29, 0.717) is 13.1 Å². The summed E-state index contributed by atoms with van der Waals surface area (Å²) in [5, 5.41) is 0. The molecule has 0 heterocycles. The van der Waals surface area contributed by atoms with E-state index in [9.17, 15) is 4.79 Å². The van der Waals surface area contributed by atoms with E-state index in [1.807, 2.05) is 53.4 Å². The zero-order valence-corrected chi connectivity index (χ0v) is 17.0. The average molecular weight is 398 g/mol. The van der Waals surface area contributed by atoms with Gasteiger partial charge in [-0.25, -0.2) is 0 Å². The summed E-state index contributed by atoms with van der Waals surface area (Å²) in [6.45, 7) is 4.68. The second-order valence-corrected chi connectivity index (χ2v) is 6.26. The van der Waals surface area contributed by atoms with Crippen molar-refractivity contribution in [3.05, 3.63) is 71.8 Å². The van der Waals surface area contributed by atoms with Crippen LogP contribution in [-0.2, 0) is 17.9 Å². The number of nitrogens with two attached hydrogens (primary N) is 1. The maximum absolute atomic E-state index is 12.4. The second-order valence-electron chi connectivity index (χ2n) is 6.26. The van der Waals surface area contributed by atoms with Crippen molar-refractivity contribution in [1.29, 1.82) is 0 Å². The molecular weight excluding hydrogens is 369 g/mol. The largest absolute Gasteiger partial charge is 0.336 e. The highest BCUT2D eigenvalue weighted by Gasteiger charge is 2.18. The maximum Gasteiger partial charge on any atom is 0.239 e. The molecule has 0 saturated carbocycles. The lowest BCUT2D eigenvalue weighted by Crippen LogP contribution is -2.44. The van der Waals surface area contributed by atoms with E-state index >= 15 is 0 Å². The van der Waals surface area contributed by atoms with Gasteiger partial charge in [-0.05, 0) is 25.1 Å². The van der Waals surface area contributed by atoms with Crippen LogP contribution < -0.4 is 5.73 Å². The van der Waals surface area contributed by atoms with Crippen molar-refractivity contribution in [1.82, 2.24) is 9.80 Å². The molecule has 0 aliphatic carbocycles. The van der Waals surface area contributed by atoms with Gasteiger partial charge in [-0.1, -0.05) is 60.7 Å². The molecule has 2 aromatic carbocycles. The lowest BCUT2D eigenvalue weighted by molar-refractivity contribution is -0.133. The predicted molar refractivity (Wildman–Crippen MR) is 113 cm³/mol. The highest BCUT2D eigenvalue weighted by molar-refractivity contribution is 5.85. The van der Waals surface area contributed by atoms with Crippen LogP contribution in [0, 0.1) is 0 Å². The molecule has 2 aromatic rings. The third kappa shape index (κ3) is 8.19. The third-order valence-electron chi connectivity index (χ3n) is 3.96. The summed E-state index contributed by atoms with van der Waals surface area (Å²) in [6.07, 6.45) is 0. The fraction of sp³-hybridized carbons (Fsp3) is 0.350. The SMILES string of the molecule is CC(N)C(=O)N(CCN(C)Cc1ccccc1)Cc1ccccc1.Cl.Cl. The molecule has 4 nitrogen and oxygen atoms in total. The summed E-state index contributed by atoms with van der Waals surface area (Å²) in [6, 6.07) is 19.9. The molecule has 0 spiro atoms. The van der Waals surface area contributed by atoms with Gasteiger partial charge in [0.05, 0.1) is 6.04 Å². The van der Waals surface area contributed by atoms with Crippen LogP contribution in [-0.4, -0.2) is 41.9 Å². The van der Waals surface area contributed by atoms with Crippen LogP contribution in [0.4, 0.5) is 0 Å². The Labute approximate surface area is 169 Å². The fourth-order valence-corrected chi connectivity index (χ4v) is 2.62. The number of hydrogen-bond donors (Lipinski definition) is 1. The van der Waals surface area contributed by atoms with E-state index in [1.165, 1.54) is 5.56 Å². The van der Waals surface area contributed by atoms with Gasteiger partial charge in [-0.3, -0.25) is 4.79 Å². The standard InChI is InChI=1S/C20H27N3O.2ClH/c1-17(21)20(24)23(16-19-11-7-4-8-12-19)14-13-22(2)15-18-9-5-3-6-10-18;;/h3-12,17H,13-16,21H2,1-2H3;2*1H. The topological polar surface area (TPSA) is 49.6 Å². The van der Waals surface area contributed by atoms with Crippen molar-refractivity contribution >= 4 is 30.7 Å². The number of carbonyl (C=O) groups is 1. The van der Waals surface area contributed by atoms with Gasteiger partial charge < -0.3 is 15.5 Å². The van der Waals surface area contributed by atoms with Crippen LogP contribution in [0.15, 0.2) is 60.7 Å². The Morgan fingerprint density at radius 3 is 1.81 bits per heavy atom. The Balaban J connectivity index is 0.00000312. The van der Waals surface area contributed by atoms with Gasteiger partial charge in [0.2, 0.25) is 5.91 Å². The van der Waals surface area contributed by atoms with E-state index in [4.69, 9.17) is 5.73 Å². The van der Waals surface area contributed by atoms with Gasteiger partial charge in [-0.15, -0.1) is 24.8 Å². The Hall–Kier alpha value is -1.59. The molecule has 0 bridgehead atoms. The second kappa shape index (κ2) is 12.7. The van der Waals surface area contributed by atoms with E-state index in [1.54, 1.807) is 6.92 Å². The summed E-state index contributed by atoms with van der Waals surface area (Å²) in [4.78, 5) is 16.5. The van der Waals surface area contributed by atoms with Gasteiger partial charge >= 0.3 is 0 Å². The van der Waals surface area contributed by atoms with Crippen molar-refractivity contribution < 1.29 is 4.79 Å². The number of rotatable bonds is 8. The molecular formula is C20H29Cl2N3O. The van der Waals surface area contributed by atoms with Crippen LogP contribution in [0.1, 0.15) is 18.1 Å². The summed E-state index contributed by atoms with van der Waals surface area (Å²) < 4.78 is 0. The van der Waals surface area contributed by atoms with Crippen molar-refractivity contribution in [2.24, 2.45) is 5.73 Å². The number of hydrogen-bond acceptors (Lipinski definition) is 3. The van der Waals surface area contributed by atoms with Crippen LogP contribution >= 0.6 is 24.8 Å². The fourth-order valence-electron chi connectivity index (χ4n) is 2.62. The van der Waals surface area contributed by atoms with Gasteiger partial charge in [0, 0.05) is 26.2 Å². The Morgan fingerprint density at radius 2 is 1.35 bits per heavy atom. The minimum absolute atomic E-state index is 0. The molecule has 0 aliphatic rings. The van der Waals surface area contributed by atoms with Gasteiger partial charge in [0.1, 0.15) is 0 Å². The minimum atomic E-state index is -0.479. The smallest absolute Gasteiger partial charge is 0.239 e. The van der Waals surface area contributed by atoms with Crippen LogP contribution in [0.2, 0.25) is 0 Å². The molecule has 26 heavy (non-hydrogen) atoms. The molecule has 0 aromatic heterocycles. The van der Waals surface area contributed by atoms with Crippen molar-refractivity contribution in [2.75, 3.05) is 20.1 Å². The number of halogens is 2. The zero-order chi connectivity index (χ0) is 17.4. The third-order valence-corrected chi connectivity index (χ3v) is 3.96. The van der Waals surface area contributed by atoms with E-state index in [2.05, 4.69) is 24.1 Å². The molecule has 1 unspecified atom stereocenters. The molecule has 0 radical (unpaired) electrons. The molecule has 1 atom stereocenters. The lowest BCUT2D eigenvalue weighted by atomic mass is 10.2. The van der Waals surface area contributed by atoms with Crippen molar-refractivity contribution in [3.63, 3.8) is 0 Å². The number of amides is 1. The Morgan fingerprint density at radius 1 is 0.885 bits per heavy atom. The predicted octanol–water partition coefficient (Wildman–Crippen LogP) is 3.34. The Kier molecular flexibility index (Phi) is 11.9. The van der Waals surface area contributed by atoms with Gasteiger partial charge in [0.25, 0.3) is 0 Å². The first-order valence-electron chi connectivity index (χ1n) is 8.37. The van der Waals surface area contributed by atoms with Crippen LogP contribution in [0.3, 0.4) is 0 Å². The highest BCUT2D eigenvalue weighted by atomic mass is 35.5. The van der Waals surface area contributed by atoms with Crippen molar-refractivity contribution in [3.8, 4) is 0 Å². The molecule has 2 N–H and O–H groups in total. The molecule has 1 amide bonds. The maximum atomic E-state index is 12.4. The van der Waals surface area contributed by atoms with E-state index in [-0.39, 0.29) is 30.7 Å². The zero-order valence-electron chi connectivity index (χ0n) is 15.4. The molecule has 0 aliphatic heterocycles. The van der Waals surface area contributed by atoms with Crippen LogP contribution in [0.5, 0.6) is 0 Å². The molecule has 0 fully saturated rings. The van der Waals surface area contributed by atoms with E-state index in [0.717, 1.165) is 18.7 Å². The van der Waals surface area contributed by atoms with Crippen molar-refractivity contribution in [2.45, 2.75) is 26.1 Å². The highest BCUT2D eigenvalue weighted by Crippen LogP contribution is 2.07. The number of benzene rings is 2. The number of likely N-dealkylation sites (N-methyl/N-ethyl adjacent to an activating group) is 1. The number of carbonyl (C=O) groups excluding carboxylic acids is 1. The minimum Gasteiger partial charge on any atom is -0.336 e. The Bertz CT molecular complexity index is 623. The first-order chi connectivity index (χ1) is 11.6. The summed E-state index contributed by atoms with van der Waals surface area (Å²) in [5.74, 6) is -0.00744.